The van der Waals surface area contributed by atoms with E-state index < -0.39 is 5.54 Å². The molecule has 2 atom stereocenters. The molecule has 0 radical (unpaired) electrons. The van der Waals surface area contributed by atoms with Crippen LogP contribution in [-0.4, -0.2) is 60.5 Å². The summed E-state index contributed by atoms with van der Waals surface area (Å²) >= 11 is 0. The molecule has 2 aliphatic rings. The summed E-state index contributed by atoms with van der Waals surface area (Å²) in [5.41, 5.74) is 2.60. The van der Waals surface area contributed by atoms with Crippen molar-refractivity contribution < 1.29 is 19.1 Å². The number of hydrogen-bond donors (Lipinski definition) is 1. The number of benzene rings is 2. The molecular formula is C27H31N3O4. The maximum Gasteiger partial charge on any atom is 0.254 e. The number of carbonyl (C=O) groups excluding carboxylic acids is 2. The van der Waals surface area contributed by atoms with E-state index in [1.54, 1.807) is 24.0 Å². The lowest BCUT2D eigenvalue weighted by molar-refractivity contribution is -0.166. The number of ether oxygens (including phenoxy) is 2. The van der Waals surface area contributed by atoms with Gasteiger partial charge in [-0.15, -0.1) is 0 Å². The summed E-state index contributed by atoms with van der Waals surface area (Å²) in [5.74, 6) is 1.29. The van der Waals surface area contributed by atoms with Crippen molar-refractivity contribution in [1.82, 2.24) is 14.8 Å². The van der Waals surface area contributed by atoms with Crippen molar-refractivity contribution in [1.29, 1.82) is 0 Å². The molecule has 178 valence electrons. The molecule has 5 rings (SSSR count). The molecule has 0 saturated carbocycles. The van der Waals surface area contributed by atoms with Crippen LogP contribution in [0.5, 0.6) is 11.5 Å². The molecule has 2 aliphatic heterocycles. The topological polar surface area (TPSA) is 74.9 Å². The summed E-state index contributed by atoms with van der Waals surface area (Å²) in [4.78, 5) is 34.5. The van der Waals surface area contributed by atoms with E-state index in [2.05, 4.69) is 24.9 Å². The van der Waals surface area contributed by atoms with Gasteiger partial charge in [-0.3, -0.25) is 9.59 Å². The van der Waals surface area contributed by atoms with Gasteiger partial charge in [0, 0.05) is 35.5 Å². The van der Waals surface area contributed by atoms with Gasteiger partial charge in [-0.05, 0) is 30.5 Å². The molecule has 3 heterocycles. The van der Waals surface area contributed by atoms with Crippen LogP contribution in [0.2, 0.25) is 0 Å². The van der Waals surface area contributed by atoms with E-state index >= 15 is 0 Å². The van der Waals surface area contributed by atoms with Crippen LogP contribution in [0.15, 0.2) is 42.5 Å². The number of hydrogen-bond acceptors (Lipinski definition) is 4. The minimum atomic E-state index is -1.10. The number of aromatic amines is 1. The molecule has 7 heteroatoms. The first-order valence-electron chi connectivity index (χ1n) is 11.7. The standard InChI is InChI=1S/C27H31N3O4/c1-16(2)13-29-15-22(31)30-14-19(17-10-8-12-21(33-4)24(17)34-5)23-18-9-6-7-11-20(18)28-25(23)27(30,3)26(29)32/h6-12,16,19,28H,13-15H2,1-5H3/t19?,27-/m0/s1. The van der Waals surface area contributed by atoms with Crippen LogP contribution < -0.4 is 9.47 Å². The number of nitrogens with zero attached hydrogens (tertiary/aromatic N) is 2. The van der Waals surface area contributed by atoms with E-state index in [-0.39, 0.29) is 30.2 Å². The zero-order valence-corrected chi connectivity index (χ0v) is 20.3. The molecule has 0 bridgehead atoms. The van der Waals surface area contributed by atoms with Crippen LogP contribution in [0.4, 0.5) is 0 Å². The summed E-state index contributed by atoms with van der Waals surface area (Å²) in [6, 6.07) is 13.9. The normalized spacial score (nSPS) is 22.2. The molecule has 34 heavy (non-hydrogen) atoms. The average molecular weight is 462 g/mol. The Hall–Kier alpha value is -3.48. The molecule has 1 fully saturated rings. The van der Waals surface area contributed by atoms with Gasteiger partial charge < -0.3 is 24.3 Å². The van der Waals surface area contributed by atoms with Crippen LogP contribution in [-0.2, 0) is 15.1 Å². The number of carbonyl (C=O) groups is 2. The highest BCUT2D eigenvalue weighted by molar-refractivity contribution is 6.01. The Kier molecular flexibility index (Phi) is 5.30. The number of fused-ring (bicyclic) bond motifs is 5. The fourth-order valence-corrected chi connectivity index (χ4v) is 5.73. The maximum atomic E-state index is 13.9. The van der Waals surface area contributed by atoms with Gasteiger partial charge in [0.1, 0.15) is 0 Å². The number of piperazine rings is 1. The number of H-pyrrole nitrogens is 1. The lowest BCUT2D eigenvalue weighted by Gasteiger charge is -2.51. The molecule has 3 aromatic rings. The second-order valence-electron chi connectivity index (χ2n) is 9.75. The molecular weight excluding hydrogens is 430 g/mol. The molecule has 0 spiro atoms. The van der Waals surface area contributed by atoms with Crippen molar-refractivity contribution in [3.63, 3.8) is 0 Å². The van der Waals surface area contributed by atoms with Crippen molar-refractivity contribution in [2.24, 2.45) is 5.92 Å². The summed E-state index contributed by atoms with van der Waals surface area (Å²) in [6.45, 7) is 7.04. The van der Waals surface area contributed by atoms with E-state index in [4.69, 9.17) is 9.47 Å². The first-order chi connectivity index (χ1) is 16.3. The van der Waals surface area contributed by atoms with E-state index in [0.29, 0.717) is 24.6 Å². The summed E-state index contributed by atoms with van der Waals surface area (Å²) in [6.07, 6.45) is 0. The highest BCUT2D eigenvalue weighted by Crippen LogP contribution is 2.50. The Bertz CT molecular complexity index is 1280. The second kappa shape index (κ2) is 8.08. The third-order valence-electron chi connectivity index (χ3n) is 7.21. The van der Waals surface area contributed by atoms with E-state index in [1.807, 2.05) is 43.3 Å². The minimum Gasteiger partial charge on any atom is -0.493 e. The van der Waals surface area contributed by atoms with E-state index in [9.17, 15) is 9.59 Å². The maximum absolute atomic E-state index is 13.9. The smallest absolute Gasteiger partial charge is 0.254 e. The van der Waals surface area contributed by atoms with Gasteiger partial charge in [-0.2, -0.15) is 0 Å². The lowest BCUT2D eigenvalue weighted by Crippen LogP contribution is -2.67. The molecule has 1 aromatic heterocycles. The summed E-state index contributed by atoms with van der Waals surface area (Å²) < 4.78 is 11.3. The highest BCUT2D eigenvalue weighted by atomic mass is 16.5. The molecule has 1 unspecified atom stereocenters. The quantitative estimate of drug-likeness (QED) is 0.626. The Morgan fingerprint density at radius 1 is 1.09 bits per heavy atom. The van der Waals surface area contributed by atoms with Crippen molar-refractivity contribution in [3.05, 3.63) is 59.3 Å². The molecule has 2 aromatic carbocycles. The van der Waals surface area contributed by atoms with Gasteiger partial charge in [0.15, 0.2) is 17.0 Å². The van der Waals surface area contributed by atoms with Gasteiger partial charge in [-0.1, -0.05) is 44.2 Å². The van der Waals surface area contributed by atoms with Crippen LogP contribution in [0, 0.1) is 5.92 Å². The number of amides is 2. The van der Waals surface area contributed by atoms with Gasteiger partial charge >= 0.3 is 0 Å². The highest BCUT2D eigenvalue weighted by Gasteiger charge is 2.56. The van der Waals surface area contributed by atoms with Crippen LogP contribution in [0.3, 0.4) is 0 Å². The number of para-hydroxylation sites is 2. The number of methoxy groups -OCH3 is 2. The van der Waals surface area contributed by atoms with E-state index in [0.717, 1.165) is 27.7 Å². The van der Waals surface area contributed by atoms with Crippen molar-refractivity contribution in [2.45, 2.75) is 32.2 Å². The van der Waals surface area contributed by atoms with Crippen LogP contribution >= 0.6 is 0 Å². The van der Waals surface area contributed by atoms with Crippen molar-refractivity contribution in [2.75, 3.05) is 33.9 Å². The molecule has 1 saturated heterocycles. The summed E-state index contributed by atoms with van der Waals surface area (Å²) in [5, 5.41) is 1.05. The molecule has 0 aliphatic carbocycles. The third-order valence-corrected chi connectivity index (χ3v) is 7.21. The summed E-state index contributed by atoms with van der Waals surface area (Å²) in [7, 11) is 3.25. The Labute approximate surface area is 199 Å². The Balaban J connectivity index is 1.77. The van der Waals surface area contributed by atoms with Gasteiger partial charge in [-0.25, -0.2) is 0 Å². The first-order valence-corrected chi connectivity index (χ1v) is 11.7. The predicted molar refractivity (Wildman–Crippen MR) is 130 cm³/mol. The Morgan fingerprint density at radius 3 is 2.56 bits per heavy atom. The predicted octanol–water partition coefficient (Wildman–Crippen LogP) is 3.87. The minimum absolute atomic E-state index is 0.0373. The molecule has 1 N–H and O–H groups in total. The number of aromatic nitrogens is 1. The third kappa shape index (κ3) is 3.10. The van der Waals surface area contributed by atoms with Crippen molar-refractivity contribution in [3.8, 4) is 11.5 Å². The fourth-order valence-electron chi connectivity index (χ4n) is 5.73. The van der Waals surface area contributed by atoms with Crippen LogP contribution in [0.1, 0.15) is 43.5 Å². The van der Waals surface area contributed by atoms with Gasteiger partial charge in [0.05, 0.1) is 26.5 Å². The van der Waals surface area contributed by atoms with Crippen LogP contribution in [0.25, 0.3) is 10.9 Å². The SMILES string of the molecule is COc1cccc(C2CN3C(=O)CN(CC(C)C)C(=O)[C@]3(C)c3[nH]c4ccccc4c32)c1OC. The largest absolute Gasteiger partial charge is 0.493 e. The van der Waals surface area contributed by atoms with Gasteiger partial charge in [0.2, 0.25) is 5.91 Å². The Morgan fingerprint density at radius 2 is 1.85 bits per heavy atom. The average Bonchev–Trinajstić information content (AvgIpc) is 3.22. The number of rotatable bonds is 5. The zero-order valence-electron chi connectivity index (χ0n) is 20.3. The van der Waals surface area contributed by atoms with Gasteiger partial charge in [0.25, 0.3) is 5.91 Å². The molecule has 7 nitrogen and oxygen atoms in total. The zero-order chi connectivity index (χ0) is 24.2. The molecule has 2 amide bonds. The lowest BCUT2D eigenvalue weighted by atomic mass is 9.76. The monoisotopic (exact) mass is 461 g/mol. The van der Waals surface area contributed by atoms with Crippen molar-refractivity contribution >= 4 is 22.7 Å². The number of nitrogens with one attached hydrogen (secondary N) is 1. The van der Waals surface area contributed by atoms with E-state index in [1.165, 1.54) is 0 Å². The fraction of sp³-hybridized carbons (Fsp3) is 0.407. The second-order valence-corrected chi connectivity index (χ2v) is 9.75. The first kappa shape index (κ1) is 22.3.